The number of para-hydroxylation sites is 1. The highest BCUT2D eigenvalue weighted by atomic mass is 15.1. The summed E-state index contributed by atoms with van der Waals surface area (Å²) in [5.74, 6) is 0.743. The molecule has 0 bridgehead atoms. The summed E-state index contributed by atoms with van der Waals surface area (Å²) in [7, 11) is 2.16. The van der Waals surface area contributed by atoms with Crippen molar-refractivity contribution in [2.75, 3.05) is 18.5 Å². The van der Waals surface area contributed by atoms with E-state index in [9.17, 15) is 0 Å². The average molecular weight is 220 g/mol. The molecule has 1 aromatic carbocycles. The van der Waals surface area contributed by atoms with Crippen molar-refractivity contribution >= 4 is 5.69 Å². The van der Waals surface area contributed by atoms with Gasteiger partial charge in [-0.1, -0.05) is 32.0 Å². The summed E-state index contributed by atoms with van der Waals surface area (Å²) in [4.78, 5) is 2.33. The van der Waals surface area contributed by atoms with Crippen molar-refractivity contribution in [3.63, 3.8) is 0 Å². The van der Waals surface area contributed by atoms with E-state index in [1.54, 1.807) is 0 Å². The molecule has 0 unspecified atom stereocenters. The van der Waals surface area contributed by atoms with Crippen LogP contribution in [0.15, 0.2) is 18.2 Å². The molecule has 0 aliphatic heterocycles. The third kappa shape index (κ3) is 3.24. The molecule has 2 heteroatoms. The fourth-order valence-corrected chi connectivity index (χ4v) is 1.99. The van der Waals surface area contributed by atoms with Crippen LogP contribution in [0.1, 0.15) is 31.4 Å². The molecule has 2 N–H and O–H groups in total. The summed E-state index contributed by atoms with van der Waals surface area (Å²) < 4.78 is 0. The molecule has 16 heavy (non-hydrogen) atoms. The quantitative estimate of drug-likeness (QED) is 0.826. The number of anilines is 1. The van der Waals surface area contributed by atoms with Crippen molar-refractivity contribution in [1.82, 2.24) is 0 Å². The Hall–Kier alpha value is -1.02. The van der Waals surface area contributed by atoms with Crippen LogP contribution in [0.4, 0.5) is 5.69 Å². The molecule has 0 saturated carbocycles. The molecule has 0 amide bonds. The third-order valence-corrected chi connectivity index (χ3v) is 2.96. The van der Waals surface area contributed by atoms with Crippen LogP contribution in [0.5, 0.6) is 0 Å². The summed E-state index contributed by atoms with van der Waals surface area (Å²) in [6, 6.07) is 6.35. The van der Waals surface area contributed by atoms with Crippen LogP contribution in [0.25, 0.3) is 0 Å². The topological polar surface area (TPSA) is 29.3 Å². The number of benzene rings is 1. The molecule has 0 heterocycles. The Morgan fingerprint density at radius 2 is 2.00 bits per heavy atom. The molecule has 2 nitrogen and oxygen atoms in total. The van der Waals surface area contributed by atoms with Crippen molar-refractivity contribution in [2.45, 2.75) is 33.7 Å². The maximum absolute atomic E-state index is 5.79. The van der Waals surface area contributed by atoms with Gasteiger partial charge in [-0.2, -0.15) is 0 Å². The summed E-state index contributed by atoms with van der Waals surface area (Å²) in [6.07, 6.45) is 1.22. The van der Waals surface area contributed by atoms with E-state index >= 15 is 0 Å². The summed E-state index contributed by atoms with van der Waals surface area (Å²) in [6.45, 7) is 8.38. The van der Waals surface area contributed by atoms with Crippen molar-refractivity contribution in [2.24, 2.45) is 11.7 Å². The average Bonchev–Trinajstić information content (AvgIpc) is 2.25. The number of nitrogens with two attached hydrogens (primary N) is 1. The maximum atomic E-state index is 5.79. The highest BCUT2D eigenvalue weighted by Crippen LogP contribution is 2.24. The Kier molecular flexibility index (Phi) is 4.81. The first-order valence-electron chi connectivity index (χ1n) is 6.06. The van der Waals surface area contributed by atoms with E-state index in [0.29, 0.717) is 6.54 Å². The highest BCUT2D eigenvalue weighted by Gasteiger charge is 2.09. The second-order valence-corrected chi connectivity index (χ2v) is 4.89. The van der Waals surface area contributed by atoms with E-state index in [0.717, 1.165) is 12.5 Å². The molecular weight excluding hydrogens is 196 g/mol. The number of aryl methyl sites for hydroxylation is 1. The van der Waals surface area contributed by atoms with Crippen molar-refractivity contribution in [3.8, 4) is 0 Å². The molecule has 0 radical (unpaired) electrons. The summed E-state index contributed by atoms with van der Waals surface area (Å²) >= 11 is 0. The number of nitrogens with zero attached hydrogens (tertiary/aromatic N) is 1. The van der Waals surface area contributed by atoms with Crippen LogP contribution in [-0.2, 0) is 6.54 Å². The Morgan fingerprint density at radius 3 is 2.56 bits per heavy atom. The molecule has 0 aliphatic rings. The van der Waals surface area contributed by atoms with Gasteiger partial charge in [-0.15, -0.1) is 0 Å². The normalized spacial score (nSPS) is 10.9. The van der Waals surface area contributed by atoms with Crippen LogP contribution < -0.4 is 10.6 Å². The Morgan fingerprint density at radius 1 is 1.31 bits per heavy atom. The Labute approximate surface area is 99.5 Å². The van der Waals surface area contributed by atoms with Crippen molar-refractivity contribution < 1.29 is 0 Å². The number of hydrogen-bond acceptors (Lipinski definition) is 2. The largest absolute Gasteiger partial charge is 0.374 e. The van der Waals surface area contributed by atoms with Gasteiger partial charge in [0, 0.05) is 25.8 Å². The monoisotopic (exact) mass is 220 g/mol. The lowest BCUT2D eigenvalue weighted by Gasteiger charge is -2.25. The zero-order valence-corrected chi connectivity index (χ0v) is 11.0. The molecule has 0 aliphatic carbocycles. The maximum Gasteiger partial charge on any atom is 0.0438 e. The first kappa shape index (κ1) is 13.0. The van der Waals surface area contributed by atoms with Crippen molar-refractivity contribution in [1.29, 1.82) is 0 Å². The first-order valence-corrected chi connectivity index (χ1v) is 6.06. The van der Waals surface area contributed by atoms with E-state index in [1.165, 1.54) is 23.2 Å². The van der Waals surface area contributed by atoms with Gasteiger partial charge < -0.3 is 10.6 Å². The van der Waals surface area contributed by atoms with Crippen LogP contribution in [-0.4, -0.2) is 13.6 Å². The molecule has 0 atom stereocenters. The standard InChI is InChI=1S/C14H24N2/c1-11(2)8-9-16(4)14-12(3)6-5-7-13(14)10-15/h5-7,11H,8-10,15H2,1-4H3. The van der Waals surface area contributed by atoms with Gasteiger partial charge in [0.05, 0.1) is 0 Å². The lowest BCUT2D eigenvalue weighted by molar-refractivity contribution is 0.584. The van der Waals surface area contributed by atoms with Crippen LogP contribution in [0.2, 0.25) is 0 Å². The minimum atomic E-state index is 0.614. The number of rotatable bonds is 5. The van der Waals surface area contributed by atoms with E-state index in [-0.39, 0.29) is 0 Å². The van der Waals surface area contributed by atoms with Gasteiger partial charge in [0.15, 0.2) is 0 Å². The number of hydrogen-bond donors (Lipinski definition) is 1. The van der Waals surface area contributed by atoms with Gasteiger partial charge >= 0.3 is 0 Å². The minimum absolute atomic E-state index is 0.614. The Bertz CT molecular complexity index is 332. The zero-order valence-electron chi connectivity index (χ0n) is 11.0. The highest BCUT2D eigenvalue weighted by molar-refractivity contribution is 5.58. The van der Waals surface area contributed by atoms with Crippen LogP contribution in [0.3, 0.4) is 0 Å². The van der Waals surface area contributed by atoms with Gasteiger partial charge in [0.1, 0.15) is 0 Å². The molecule has 0 fully saturated rings. The van der Waals surface area contributed by atoms with Crippen LogP contribution >= 0.6 is 0 Å². The summed E-state index contributed by atoms with van der Waals surface area (Å²) in [5.41, 5.74) is 9.65. The van der Waals surface area contributed by atoms with E-state index in [1.807, 2.05) is 0 Å². The fraction of sp³-hybridized carbons (Fsp3) is 0.571. The molecule has 1 aromatic rings. The molecular formula is C14H24N2. The molecule has 0 aromatic heterocycles. The van der Waals surface area contributed by atoms with Crippen molar-refractivity contribution in [3.05, 3.63) is 29.3 Å². The summed E-state index contributed by atoms with van der Waals surface area (Å²) in [5, 5.41) is 0. The lowest BCUT2D eigenvalue weighted by Crippen LogP contribution is -2.22. The lowest BCUT2D eigenvalue weighted by atomic mass is 10.1. The predicted octanol–water partition coefficient (Wildman–Crippen LogP) is 2.94. The molecule has 90 valence electrons. The second-order valence-electron chi connectivity index (χ2n) is 4.89. The van der Waals surface area contributed by atoms with Gasteiger partial charge in [-0.25, -0.2) is 0 Å². The SMILES string of the molecule is Cc1cccc(CN)c1N(C)CCC(C)C. The first-order chi connectivity index (χ1) is 7.56. The Balaban J connectivity index is 2.84. The smallest absolute Gasteiger partial charge is 0.0438 e. The third-order valence-electron chi connectivity index (χ3n) is 2.96. The van der Waals surface area contributed by atoms with Gasteiger partial charge in [0.25, 0.3) is 0 Å². The second kappa shape index (κ2) is 5.90. The minimum Gasteiger partial charge on any atom is -0.374 e. The van der Waals surface area contributed by atoms with Gasteiger partial charge in [-0.3, -0.25) is 0 Å². The van der Waals surface area contributed by atoms with Crippen LogP contribution in [0, 0.1) is 12.8 Å². The van der Waals surface area contributed by atoms with Gasteiger partial charge in [0.2, 0.25) is 0 Å². The van der Waals surface area contributed by atoms with Gasteiger partial charge in [-0.05, 0) is 30.4 Å². The van der Waals surface area contributed by atoms with E-state index in [2.05, 4.69) is 50.9 Å². The van der Waals surface area contributed by atoms with E-state index < -0.39 is 0 Å². The predicted molar refractivity (Wildman–Crippen MR) is 71.8 cm³/mol. The zero-order chi connectivity index (χ0) is 12.1. The fourth-order valence-electron chi connectivity index (χ4n) is 1.99. The van der Waals surface area contributed by atoms with E-state index in [4.69, 9.17) is 5.73 Å². The molecule has 1 rings (SSSR count). The molecule has 0 spiro atoms. The molecule has 0 saturated heterocycles.